The predicted molar refractivity (Wildman–Crippen MR) is 87.9 cm³/mol. The van der Waals surface area contributed by atoms with Crippen LogP contribution in [-0.2, 0) is 0 Å². The van der Waals surface area contributed by atoms with E-state index < -0.39 is 0 Å². The van der Waals surface area contributed by atoms with E-state index in [1.807, 2.05) is 51.1 Å². The molecule has 0 aliphatic rings. The number of anilines is 1. The van der Waals surface area contributed by atoms with Gasteiger partial charge in [0.2, 0.25) is 0 Å². The Morgan fingerprint density at radius 1 is 1.09 bits per heavy atom. The zero-order valence-corrected chi connectivity index (χ0v) is 13.3. The van der Waals surface area contributed by atoms with Crippen LogP contribution in [-0.4, -0.2) is 19.1 Å². The fraction of sp³-hybridized carbons (Fsp3) is 0.278. The minimum atomic E-state index is -0.150. The monoisotopic (exact) mass is 299 g/mol. The van der Waals surface area contributed by atoms with Crippen LogP contribution in [0.3, 0.4) is 0 Å². The van der Waals surface area contributed by atoms with E-state index in [1.54, 1.807) is 19.2 Å². The van der Waals surface area contributed by atoms with Crippen molar-refractivity contribution in [1.29, 1.82) is 0 Å². The van der Waals surface area contributed by atoms with Gasteiger partial charge in [-0.2, -0.15) is 0 Å². The Hall–Kier alpha value is -2.49. The average Bonchev–Trinajstić information content (AvgIpc) is 2.48. The molecule has 0 saturated heterocycles. The minimum absolute atomic E-state index is 0.128. The van der Waals surface area contributed by atoms with Crippen LogP contribution < -0.4 is 14.8 Å². The van der Waals surface area contributed by atoms with Crippen LogP contribution in [0.5, 0.6) is 11.5 Å². The zero-order chi connectivity index (χ0) is 16.1. The molecule has 0 heterocycles. The molecule has 0 aromatic heterocycles. The highest BCUT2D eigenvalue weighted by atomic mass is 16.5. The first-order valence-electron chi connectivity index (χ1n) is 7.22. The quantitative estimate of drug-likeness (QED) is 0.906. The van der Waals surface area contributed by atoms with E-state index >= 15 is 0 Å². The van der Waals surface area contributed by atoms with Gasteiger partial charge >= 0.3 is 0 Å². The van der Waals surface area contributed by atoms with Crippen LogP contribution in [0.25, 0.3) is 0 Å². The van der Waals surface area contributed by atoms with E-state index in [-0.39, 0.29) is 12.0 Å². The van der Waals surface area contributed by atoms with Crippen molar-refractivity contribution in [1.82, 2.24) is 0 Å². The number of hydrogen-bond acceptors (Lipinski definition) is 3. The maximum Gasteiger partial charge on any atom is 0.255 e. The van der Waals surface area contributed by atoms with Crippen LogP contribution in [0.4, 0.5) is 5.69 Å². The largest absolute Gasteiger partial charge is 0.496 e. The average molecular weight is 299 g/mol. The third kappa shape index (κ3) is 4.01. The van der Waals surface area contributed by atoms with Gasteiger partial charge in [0.1, 0.15) is 11.5 Å². The SMILES string of the molecule is COc1ccc(C(=O)Nc2ccc(OC(C)C)cc2)cc1C. The maximum absolute atomic E-state index is 12.2. The third-order valence-electron chi connectivity index (χ3n) is 3.14. The van der Waals surface area contributed by atoms with Crippen molar-refractivity contribution >= 4 is 11.6 Å². The van der Waals surface area contributed by atoms with Gasteiger partial charge in [0.15, 0.2) is 0 Å². The molecule has 0 aliphatic carbocycles. The normalized spacial score (nSPS) is 10.4. The molecule has 0 spiro atoms. The van der Waals surface area contributed by atoms with E-state index in [9.17, 15) is 4.79 Å². The summed E-state index contributed by atoms with van der Waals surface area (Å²) < 4.78 is 10.8. The summed E-state index contributed by atoms with van der Waals surface area (Å²) in [6.07, 6.45) is 0.128. The number of carbonyl (C=O) groups is 1. The minimum Gasteiger partial charge on any atom is -0.496 e. The summed E-state index contributed by atoms with van der Waals surface area (Å²) in [5.74, 6) is 1.41. The Morgan fingerprint density at radius 2 is 1.77 bits per heavy atom. The second-order valence-electron chi connectivity index (χ2n) is 5.33. The number of rotatable bonds is 5. The Morgan fingerprint density at radius 3 is 2.32 bits per heavy atom. The molecular formula is C18H21NO3. The number of benzene rings is 2. The highest BCUT2D eigenvalue weighted by Gasteiger charge is 2.08. The molecule has 0 aliphatic heterocycles. The molecule has 2 aromatic rings. The lowest BCUT2D eigenvalue weighted by molar-refractivity contribution is 0.102. The molecule has 22 heavy (non-hydrogen) atoms. The van der Waals surface area contributed by atoms with Crippen molar-refractivity contribution < 1.29 is 14.3 Å². The van der Waals surface area contributed by atoms with Crippen LogP contribution in [0.15, 0.2) is 42.5 Å². The first kappa shape index (κ1) is 15.9. The highest BCUT2D eigenvalue weighted by molar-refractivity contribution is 6.04. The lowest BCUT2D eigenvalue weighted by Crippen LogP contribution is -2.12. The molecule has 0 radical (unpaired) electrons. The summed E-state index contributed by atoms with van der Waals surface area (Å²) in [6.45, 7) is 5.86. The highest BCUT2D eigenvalue weighted by Crippen LogP contribution is 2.20. The third-order valence-corrected chi connectivity index (χ3v) is 3.14. The van der Waals surface area contributed by atoms with Gasteiger partial charge in [-0.05, 0) is 68.8 Å². The van der Waals surface area contributed by atoms with Crippen molar-refractivity contribution in [3.05, 3.63) is 53.6 Å². The Balaban J connectivity index is 2.06. The second-order valence-corrected chi connectivity index (χ2v) is 5.33. The lowest BCUT2D eigenvalue weighted by atomic mass is 10.1. The van der Waals surface area contributed by atoms with E-state index in [0.29, 0.717) is 5.56 Å². The van der Waals surface area contributed by atoms with Crippen LogP contribution in [0, 0.1) is 6.92 Å². The number of aryl methyl sites for hydroxylation is 1. The summed E-state index contributed by atoms with van der Waals surface area (Å²) in [4.78, 5) is 12.2. The van der Waals surface area contributed by atoms with Gasteiger partial charge in [-0.25, -0.2) is 0 Å². The van der Waals surface area contributed by atoms with Crippen molar-refractivity contribution in [2.45, 2.75) is 26.9 Å². The fourth-order valence-corrected chi connectivity index (χ4v) is 2.11. The number of amides is 1. The van der Waals surface area contributed by atoms with Gasteiger partial charge in [0.05, 0.1) is 13.2 Å². The van der Waals surface area contributed by atoms with Crippen molar-refractivity contribution in [3.8, 4) is 11.5 Å². The molecule has 4 nitrogen and oxygen atoms in total. The van der Waals surface area contributed by atoms with E-state index in [4.69, 9.17) is 9.47 Å². The zero-order valence-electron chi connectivity index (χ0n) is 13.3. The maximum atomic E-state index is 12.2. The number of methoxy groups -OCH3 is 1. The number of nitrogens with one attached hydrogen (secondary N) is 1. The molecule has 1 amide bonds. The van der Waals surface area contributed by atoms with Crippen molar-refractivity contribution in [2.75, 3.05) is 12.4 Å². The van der Waals surface area contributed by atoms with E-state index in [2.05, 4.69) is 5.32 Å². The lowest BCUT2D eigenvalue weighted by Gasteiger charge is -2.11. The Kier molecular flexibility index (Phi) is 5.04. The molecule has 0 bridgehead atoms. The molecule has 0 unspecified atom stereocenters. The molecular weight excluding hydrogens is 278 g/mol. The van der Waals surface area contributed by atoms with Gasteiger partial charge in [-0.3, -0.25) is 4.79 Å². The molecule has 1 N–H and O–H groups in total. The summed E-state index contributed by atoms with van der Waals surface area (Å²) in [5.41, 5.74) is 2.26. The van der Waals surface area contributed by atoms with Crippen LogP contribution >= 0.6 is 0 Å². The molecule has 0 atom stereocenters. The second kappa shape index (κ2) is 6.98. The Bertz CT molecular complexity index is 648. The van der Waals surface area contributed by atoms with Crippen LogP contribution in [0.1, 0.15) is 29.8 Å². The number of carbonyl (C=O) groups excluding carboxylic acids is 1. The van der Waals surface area contributed by atoms with Gasteiger partial charge in [0.25, 0.3) is 5.91 Å². The molecule has 4 heteroatoms. The van der Waals surface area contributed by atoms with Crippen LogP contribution in [0.2, 0.25) is 0 Å². The summed E-state index contributed by atoms with van der Waals surface area (Å²) >= 11 is 0. The first-order chi connectivity index (χ1) is 10.5. The van der Waals surface area contributed by atoms with Gasteiger partial charge in [0, 0.05) is 11.3 Å². The smallest absolute Gasteiger partial charge is 0.255 e. The molecule has 2 rings (SSSR count). The van der Waals surface area contributed by atoms with E-state index in [1.165, 1.54) is 0 Å². The summed E-state index contributed by atoms with van der Waals surface area (Å²) in [5, 5.41) is 2.87. The van der Waals surface area contributed by atoms with E-state index in [0.717, 1.165) is 22.7 Å². The molecule has 0 fully saturated rings. The first-order valence-corrected chi connectivity index (χ1v) is 7.22. The topological polar surface area (TPSA) is 47.6 Å². The summed E-state index contributed by atoms with van der Waals surface area (Å²) in [7, 11) is 1.61. The van der Waals surface area contributed by atoms with Crippen molar-refractivity contribution in [3.63, 3.8) is 0 Å². The fourth-order valence-electron chi connectivity index (χ4n) is 2.11. The predicted octanol–water partition coefficient (Wildman–Crippen LogP) is 4.04. The number of hydrogen-bond donors (Lipinski definition) is 1. The van der Waals surface area contributed by atoms with Gasteiger partial charge in [-0.1, -0.05) is 0 Å². The molecule has 2 aromatic carbocycles. The van der Waals surface area contributed by atoms with Gasteiger partial charge in [-0.15, -0.1) is 0 Å². The summed E-state index contributed by atoms with van der Waals surface area (Å²) in [6, 6.07) is 12.7. The molecule has 0 saturated carbocycles. The Labute approximate surface area is 131 Å². The van der Waals surface area contributed by atoms with Crippen molar-refractivity contribution in [2.24, 2.45) is 0 Å². The number of ether oxygens (including phenoxy) is 2. The standard InChI is InChI=1S/C18H21NO3/c1-12(2)22-16-8-6-15(7-9-16)19-18(20)14-5-10-17(21-4)13(3)11-14/h5-12H,1-4H3,(H,19,20). The molecule has 116 valence electrons. The van der Waals surface area contributed by atoms with Gasteiger partial charge < -0.3 is 14.8 Å².